The number of carbonyl (C=O) groups excluding carboxylic acids is 2. The third kappa shape index (κ3) is 20.4. The number of esters is 2. The zero-order chi connectivity index (χ0) is 14.2. The molecule has 18 heavy (non-hydrogen) atoms. The van der Waals surface area contributed by atoms with Crippen LogP contribution in [0.25, 0.3) is 0 Å². The molecule has 0 saturated heterocycles. The Morgan fingerprint density at radius 3 is 1.83 bits per heavy atom. The van der Waals surface area contributed by atoms with Crippen LogP contribution in [0.2, 0.25) is 0 Å². The monoisotopic (exact) mass is 260 g/mol. The number of carbonyl (C=O) groups is 2. The highest BCUT2D eigenvalue weighted by Gasteiger charge is 1.94. The lowest BCUT2D eigenvalue weighted by Gasteiger charge is -1.99. The minimum absolute atomic E-state index is 0.0940. The minimum atomic E-state index is -0.175. The van der Waals surface area contributed by atoms with Gasteiger partial charge < -0.3 is 9.47 Å². The van der Waals surface area contributed by atoms with E-state index in [1.54, 1.807) is 6.92 Å². The molecule has 0 aliphatic rings. The lowest BCUT2D eigenvalue weighted by molar-refractivity contribution is -0.143. The molecule has 0 saturated carbocycles. The molecule has 0 atom stereocenters. The second-order valence-electron chi connectivity index (χ2n) is 3.97. The number of rotatable bonds is 8. The normalized spacial score (nSPS) is 9.11. The summed E-state index contributed by atoms with van der Waals surface area (Å²) in [5, 5.41) is 0. The molecule has 0 aliphatic carbocycles. The summed E-state index contributed by atoms with van der Waals surface area (Å²) < 4.78 is 9.50. The van der Waals surface area contributed by atoms with Gasteiger partial charge in [-0.05, 0) is 12.8 Å². The fourth-order valence-corrected chi connectivity index (χ4v) is 1.00. The Balaban J connectivity index is 0. The van der Waals surface area contributed by atoms with Gasteiger partial charge in [0.25, 0.3) is 0 Å². The molecule has 0 aromatic heterocycles. The molecule has 0 aromatic carbocycles. The third-order valence-corrected chi connectivity index (χ3v) is 2.10. The van der Waals surface area contributed by atoms with Gasteiger partial charge in [-0.1, -0.05) is 40.0 Å². The van der Waals surface area contributed by atoms with Crippen LogP contribution >= 0.6 is 0 Å². The predicted molar refractivity (Wildman–Crippen MR) is 72.3 cm³/mol. The molecule has 0 aliphatic heterocycles. The molecular weight excluding hydrogens is 232 g/mol. The number of ether oxygens (including phenoxy) is 2. The summed E-state index contributed by atoms with van der Waals surface area (Å²) in [6.07, 6.45) is 5.86. The largest absolute Gasteiger partial charge is 0.466 e. The summed E-state index contributed by atoms with van der Waals surface area (Å²) in [4.78, 5) is 20.6. The van der Waals surface area contributed by atoms with Crippen molar-refractivity contribution in [2.24, 2.45) is 0 Å². The van der Waals surface area contributed by atoms with Crippen molar-refractivity contribution in [3.05, 3.63) is 0 Å². The van der Waals surface area contributed by atoms with Gasteiger partial charge in [0, 0.05) is 13.3 Å². The van der Waals surface area contributed by atoms with E-state index in [1.807, 2.05) is 0 Å². The average Bonchev–Trinajstić information content (AvgIpc) is 2.35. The first kappa shape index (κ1) is 19.3. The van der Waals surface area contributed by atoms with Crippen LogP contribution < -0.4 is 0 Å². The van der Waals surface area contributed by atoms with Crippen LogP contribution in [-0.2, 0) is 19.1 Å². The zero-order valence-corrected chi connectivity index (χ0v) is 12.3. The van der Waals surface area contributed by atoms with E-state index < -0.39 is 0 Å². The summed E-state index contributed by atoms with van der Waals surface area (Å²) in [6.45, 7) is 8.60. The Bertz CT molecular complexity index is 202. The maximum Gasteiger partial charge on any atom is 0.305 e. The van der Waals surface area contributed by atoms with Crippen molar-refractivity contribution in [3.8, 4) is 0 Å². The van der Waals surface area contributed by atoms with Gasteiger partial charge in [0.2, 0.25) is 0 Å². The predicted octanol–water partition coefficient (Wildman–Crippen LogP) is 3.48. The fourth-order valence-electron chi connectivity index (χ4n) is 1.00. The minimum Gasteiger partial charge on any atom is -0.466 e. The van der Waals surface area contributed by atoms with Gasteiger partial charge in [0.1, 0.15) is 0 Å². The Morgan fingerprint density at radius 2 is 1.39 bits per heavy atom. The number of unbranched alkanes of at least 4 members (excludes halogenated alkanes) is 3. The highest BCUT2D eigenvalue weighted by Crippen LogP contribution is 1.93. The topological polar surface area (TPSA) is 52.6 Å². The quantitative estimate of drug-likeness (QED) is 0.495. The Hall–Kier alpha value is -1.06. The van der Waals surface area contributed by atoms with E-state index in [1.165, 1.54) is 13.3 Å². The van der Waals surface area contributed by atoms with E-state index in [-0.39, 0.29) is 11.9 Å². The summed E-state index contributed by atoms with van der Waals surface area (Å²) in [7, 11) is 0. The fraction of sp³-hybridized carbons (Fsp3) is 0.857. The highest BCUT2D eigenvalue weighted by atomic mass is 16.5. The van der Waals surface area contributed by atoms with Crippen molar-refractivity contribution in [1.82, 2.24) is 0 Å². The van der Waals surface area contributed by atoms with Crippen LogP contribution in [0.15, 0.2) is 0 Å². The maximum absolute atomic E-state index is 10.5. The van der Waals surface area contributed by atoms with Crippen LogP contribution in [-0.4, -0.2) is 25.2 Å². The van der Waals surface area contributed by atoms with E-state index in [0.29, 0.717) is 19.6 Å². The van der Waals surface area contributed by atoms with Crippen molar-refractivity contribution < 1.29 is 19.1 Å². The molecule has 0 rings (SSSR count). The molecule has 0 radical (unpaired) electrons. The van der Waals surface area contributed by atoms with Gasteiger partial charge >= 0.3 is 11.9 Å². The zero-order valence-electron chi connectivity index (χ0n) is 12.3. The molecule has 0 heterocycles. The summed E-state index contributed by atoms with van der Waals surface area (Å²) in [5.41, 5.74) is 0. The highest BCUT2D eigenvalue weighted by molar-refractivity contribution is 5.68. The molecular formula is C14H28O4. The van der Waals surface area contributed by atoms with E-state index >= 15 is 0 Å². The first-order chi connectivity index (χ1) is 8.58. The molecule has 4 nitrogen and oxygen atoms in total. The van der Waals surface area contributed by atoms with E-state index in [2.05, 4.69) is 13.8 Å². The van der Waals surface area contributed by atoms with Gasteiger partial charge in [0.15, 0.2) is 0 Å². The molecule has 0 aromatic rings. The van der Waals surface area contributed by atoms with E-state index in [0.717, 1.165) is 25.7 Å². The van der Waals surface area contributed by atoms with Gasteiger partial charge in [-0.15, -0.1) is 0 Å². The van der Waals surface area contributed by atoms with E-state index in [9.17, 15) is 9.59 Å². The van der Waals surface area contributed by atoms with Crippen molar-refractivity contribution in [1.29, 1.82) is 0 Å². The van der Waals surface area contributed by atoms with Crippen LogP contribution in [0.1, 0.15) is 66.2 Å². The number of hydrogen-bond acceptors (Lipinski definition) is 4. The van der Waals surface area contributed by atoms with Gasteiger partial charge in [-0.25, -0.2) is 0 Å². The van der Waals surface area contributed by atoms with Gasteiger partial charge in [-0.3, -0.25) is 9.59 Å². The Labute approximate surface area is 111 Å². The first-order valence-electron chi connectivity index (χ1n) is 6.87. The molecule has 4 heteroatoms. The summed E-state index contributed by atoms with van der Waals surface area (Å²) >= 11 is 0. The summed E-state index contributed by atoms with van der Waals surface area (Å²) in [5.74, 6) is -0.269. The lowest BCUT2D eigenvalue weighted by Crippen LogP contribution is -2.02. The van der Waals surface area contributed by atoms with Gasteiger partial charge in [-0.2, -0.15) is 0 Å². The first-order valence-corrected chi connectivity index (χ1v) is 6.87. The molecule has 108 valence electrons. The van der Waals surface area contributed by atoms with Crippen molar-refractivity contribution in [3.63, 3.8) is 0 Å². The number of hydrogen-bond donors (Lipinski definition) is 0. The van der Waals surface area contributed by atoms with Crippen LogP contribution in [0.3, 0.4) is 0 Å². The molecule has 0 unspecified atom stereocenters. The second kappa shape index (κ2) is 15.9. The van der Waals surface area contributed by atoms with Crippen molar-refractivity contribution in [2.75, 3.05) is 13.2 Å². The third-order valence-electron chi connectivity index (χ3n) is 2.10. The maximum atomic E-state index is 10.5. The molecule has 0 fully saturated rings. The smallest absolute Gasteiger partial charge is 0.305 e. The lowest BCUT2D eigenvalue weighted by atomic mass is 10.3. The molecule has 0 bridgehead atoms. The second-order valence-corrected chi connectivity index (χ2v) is 3.97. The van der Waals surface area contributed by atoms with Crippen molar-refractivity contribution in [2.45, 2.75) is 66.2 Å². The van der Waals surface area contributed by atoms with Crippen LogP contribution in [0, 0.1) is 0 Å². The van der Waals surface area contributed by atoms with E-state index in [4.69, 9.17) is 9.47 Å². The average molecular weight is 260 g/mol. The Morgan fingerprint density at radius 1 is 0.833 bits per heavy atom. The van der Waals surface area contributed by atoms with Gasteiger partial charge in [0.05, 0.1) is 13.2 Å². The standard InChI is InChI=1S/2C7H14O2/c1-3-4-5-6-9-7(2)8;1-3-5-6-9-7(8)4-2/h2*3-6H2,1-2H3. The Kier molecular flexibility index (Phi) is 17.1. The summed E-state index contributed by atoms with van der Waals surface area (Å²) in [6, 6.07) is 0. The van der Waals surface area contributed by atoms with Crippen molar-refractivity contribution >= 4 is 11.9 Å². The van der Waals surface area contributed by atoms with Crippen LogP contribution in [0.4, 0.5) is 0 Å². The molecule has 0 amide bonds. The molecule has 0 N–H and O–H groups in total. The van der Waals surface area contributed by atoms with Crippen LogP contribution in [0.5, 0.6) is 0 Å². The molecule has 0 spiro atoms. The SMILES string of the molecule is CCCCCOC(C)=O.CCCCOC(=O)CC.